The third kappa shape index (κ3) is 3.53. The van der Waals surface area contributed by atoms with Gasteiger partial charge in [0, 0.05) is 24.4 Å². The Morgan fingerprint density at radius 3 is 2.62 bits per heavy atom. The molecule has 0 saturated heterocycles. The Hall–Kier alpha value is -2.97. The van der Waals surface area contributed by atoms with Gasteiger partial charge in [0.2, 0.25) is 0 Å². The fourth-order valence-corrected chi connectivity index (χ4v) is 1.55. The van der Waals surface area contributed by atoms with Crippen LogP contribution in [0.5, 0.6) is 0 Å². The van der Waals surface area contributed by atoms with E-state index >= 15 is 0 Å². The number of aromatic amines is 1. The molecule has 21 heavy (non-hydrogen) atoms. The first-order valence-electron chi connectivity index (χ1n) is 5.72. The van der Waals surface area contributed by atoms with Crippen LogP contribution in [0.25, 0.3) is 0 Å². The van der Waals surface area contributed by atoms with E-state index in [1.165, 1.54) is 6.20 Å². The highest BCUT2D eigenvalue weighted by Gasteiger charge is 2.17. The van der Waals surface area contributed by atoms with Gasteiger partial charge in [0.25, 0.3) is 0 Å². The number of rotatable bonds is 4. The number of nitrogens with zero attached hydrogens (tertiary/aromatic N) is 1. The lowest BCUT2D eigenvalue weighted by Crippen LogP contribution is -2.29. The summed E-state index contributed by atoms with van der Waals surface area (Å²) in [5.74, 6) is -4.05. The minimum Gasteiger partial charge on any atom is -0.478 e. The molecule has 1 heterocycles. The standard InChI is InChI=1S/C12H10F2N4O3/c13-8-1-7(11(19)20)10(2-9(8)14)18-12(21)15-3-6-4-16-17-5-6/h1-2,4-5H,3H2,(H,16,17)(H,19,20)(H2,15,18,21). The van der Waals surface area contributed by atoms with Crippen LogP contribution in [0.4, 0.5) is 19.3 Å². The van der Waals surface area contributed by atoms with Crippen LogP contribution in [0.1, 0.15) is 15.9 Å². The molecule has 1 aromatic carbocycles. The second-order valence-electron chi connectivity index (χ2n) is 4.03. The number of hydrogen-bond donors (Lipinski definition) is 4. The third-order valence-electron chi connectivity index (χ3n) is 2.55. The largest absolute Gasteiger partial charge is 0.478 e. The molecule has 2 rings (SSSR count). The minimum atomic E-state index is -1.49. The highest BCUT2D eigenvalue weighted by atomic mass is 19.2. The van der Waals surface area contributed by atoms with Crippen molar-refractivity contribution in [3.05, 3.63) is 47.3 Å². The van der Waals surface area contributed by atoms with Crippen LogP contribution in [-0.4, -0.2) is 27.3 Å². The number of carboxylic acids is 1. The number of nitrogens with one attached hydrogen (secondary N) is 3. The number of anilines is 1. The van der Waals surface area contributed by atoms with Crippen LogP contribution in [0.15, 0.2) is 24.5 Å². The maximum absolute atomic E-state index is 13.1. The monoisotopic (exact) mass is 296 g/mol. The van der Waals surface area contributed by atoms with Gasteiger partial charge in [0.15, 0.2) is 11.6 Å². The Kier molecular flexibility index (Phi) is 4.12. The van der Waals surface area contributed by atoms with Crippen molar-refractivity contribution in [2.24, 2.45) is 0 Å². The van der Waals surface area contributed by atoms with Gasteiger partial charge in [-0.15, -0.1) is 0 Å². The Balaban J connectivity index is 2.09. The van der Waals surface area contributed by atoms with Gasteiger partial charge in [-0.1, -0.05) is 0 Å². The predicted molar refractivity (Wildman–Crippen MR) is 67.8 cm³/mol. The lowest BCUT2D eigenvalue weighted by atomic mass is 10.1. The van der Waals surface area contributed by atoms with E-state index in [1.807, 2.05) is 0 Å². The molecule has 0 fully saturated rings. The molecule has 0 aliphatic heterocycles. The lowest BCUT2D eigenvalue weighted by molar-refractivity contribution is 0.0697. The summed E-state index contributed by atoms with van der Waals surface area (Å²) in [7, 11) is 0. The van der Waals surface area contributed by atoms with Crippen molar-refractivity contribution in [2.75, 3.05) is 5.32 Å². The molecule has 0 bridgehead atoms. The topological polar surface area (TPSA) is 107 Å². The van der Waals surface area contributed by atoms with Crippen LogP contribution < -0.4 is 10.6 Å². The summed E-state index contributed by atoms with van der Waals surface area (Å²) in [4.78, 5) is 22.6. The smallest absolute Gasteiger partial charge is 0.337 e. The molecular formula is C12H10F2N4O3. The summed E-state index contributed by atoms with van der Waals surface area (Å²) in [6.07, 6.45) is 3.04. The first kappa shape index (κ1) is 14.4. The molecule has 2 amide bonds. The maximum atomic E-state index is 13.1. The van der Waals surface area contributed by atoms with E-state index in [0.717, 1.165) is 0 Å². The summed E-state index contributed by atoms with van der Waals surface area (Å²) in [6, 6.07) is 0.351. The second-order valence-corrected chi connectivity index (χ2v) is 4.03. The number of amides is 2. The average molecular weight is 296 g/mol. The molecule has 7 nitrogen and oxygen atoms in total. The number of benzene rings is 1. The van der Waals surface area contributed by atoms with Crippen LogP contribution in [0, 0.1) is 11.6 Å². The van der Waals surface area contributed by atoms with E-state index in [0.29, 0.717) is 17.7 Å². The zero-order valence-electron chi connectivity index (χ0n) is 10.5. The zero-order valence-corrected chi connectivity index (χ0v) is 10.5. The number of aromatic nitrogens is 2. The minimum absolute atomic E-state index is 0.133. The van der Waals surface area contributed by atoms with Crippen molar-refractivity contribution in [1.29, 1.82) is 0 Å². The van der Waals surface area contributed by atoms with Crippen molar-refractivity contribution in [3.63, 3.8) is 0 Å². The number of urea groups is 1. The molecule has 0 aliphatic rings. The number of hydrogen-bond acceptors (Lipinski definition) is 3. The van der Waals surface area contributed by atoms with Gasteiger partial charge < -0.3 is 15.7 Å². The molecule has 4 N–H and O–H groups in total. The van der Waals surface area contributed by atoms with Gasteiger partial charge in [-0.25, -0.2) is 18.4 Å². The highest BCUT2D eigenvalue weighted by Crippen LogP contribution is 2.20. The van der Waals surface area contributed by atoms with E-state index in [2.05, 4.69) is 20.8 Å². The van der Waals surface area contributed by atoms with Gasteiger partial charge in [-0.2, -0.15) is 5.10 Å². The maximum Gasteiger partial charge on any atom is 0.337 e. The molecule has 1 aromatic heterocycles. The summed E-state index contributed by atoms with van der Waals surface area (Å²) < 4.78 is 26.1. The predicted octanol–water partition coefficient (Wildman–Crippen LogP) is 1.71. The van der Waals surface area contributed by atoms with Crippen molar-refractivity contribution in [2.45, 2.75) is 6.54 Å². The molecule has 0 radical (unpaired) electrons. The Labute approximate surface area is 117 Å². The van der Waals surface area contributed by atoms with Gasteiger partial charge in [0.05, 0.1) is 17.4 Å². The molecule has 0 saturated carbocycles. The number of H-pyrrole nitrogens is 1. The summed E-state index contributed by atoms with van der Waals surface area (Å²) in [6.45, 7) is 0.133. The molecule has 0 aliphatic carbocycles. The molecule has 110 valence electrons. The van der Waals surface area contributed by atoms with Gasteiger partial charge in [-0.3, -0.25) is 5.10 Å². The Morgan fingerprint density at radius 2 is 2.00 bits per heavy atom. The lowest BCUT2D eigenvalue weighted by Gasteiger charge is -2.10. The summed E-state index contributed by atoms with van der Waals surface area (Å²) in [5, 5.41) is 19.7. The van der Waals surface area contributed by atoms with E-state index in [9.17, 15) is 18.4 Å². The number of halogens is 2. The van der Waals surface area contributed by atoms with Crippen LogP contribution in [-0.2, 0) is 6.54 Å². The van der Waals surface area contributed by atoms with E-state index in [1.54, 1.807) is 6.20 Å². The first-order chi connectivity index (χ1) is 9.97. The quantitative estimate of drug-likeness (QED) is 0.689. The number of carboxylic acid groups (broad SMARTS) is 1. The fourth-order valence-electron chi connectivity index (χ4n) is 1.55. The highest BCUT2D eigenvalue weighted by molar-refractivity contribution is 6.00. The van der Waals surface area contributed by atoms with E-state index in [4.69, 9.17) is 5.11 Å². The molecule has 0 spiro atoms. The second kappa shape index (κ2) is 5.99. The third-order valence-corrected chi connectivity index (χ3v) is 2.55. The first-order valence-corrected chi connectivity index (χ1v) is 5.72. The van der Waals surface area contributed by atoms with E-state index < -0.39 is 29.2 Å². The molecule has 0 atom stereocenters. The van der Waals surface area contributed by atoms with Crippen LogP contribution in [0.2, 0.25) is 0 Å². The number of aromatic carboxylic acids is 1. The molecular weight excluding hydrogens is 286 g/mol. The molecule has 0 unspecified atom stereocenters. The fraction of sp³-hybridized carbons (Fsp3) is 0.0833. The Bertz CT molecular complexity index is 673. The van der Waals surface area contributed by atoms with Crippen molar-refractivity contribution in [1.82, 2.24) is 15.5 Å². The van der Waals surface area contributed by atoms with Crippen molar-refractivity contribution < 1.29 is 23.5 Å². The molecule has 9 heteroatoms. The van der Waals surface area contributed by atoms with Crippen molar-refractivity contribution >= 4 is 17.7 Å². The van der Waals surface area contributed by atoms with Gasteiger partial charge in [0.1, 0.15) is 0 Å². The normalized spacial score (nSPS) is 10.2. The number of carbonyl (C=O) groups excluding carboxylic acids is 1. The molecule has 2 aromatic rings. The van der Waals surface area contributed by atoms with Crippen LogP contribution in [0.3, 0.4) is 0 Å². The average Bonchev–Trinajstić information content (AvgIpc) is 2.93. The number of carbonyl (C=O) groups is 2. The summed E-state index contributed by atoms with van der Waals surface area (Å²) >= 11 is 0. The zero-order chi connectivity index (χ0) is 15.4. The Morgan fingerprint density at radius 1 is 1.29 bits per heavy atom. The van der Waals surface area contributed by atoms with Gasteiger partial charge in [-0.05, 0) is 6.07 Å². The SMILES string of the molecule is O=C(NCc1cn[nH]c1)Nc1cc(F)c(F)cc1C(=O)O. The van der Waals surface area contributed by atoms with Crippen LogP contribution >= 0.6 is 0 Å². The van der Waals surface area contributed by atoms with E-state index in [-0.39, 0.29) is 12.2 Å². The summed E-state index contributed by atoms with van der Waals surface area (Å²) in [5.41, 5.74) is -0.202. The van der Waals surface area contributed by atoms with Crippen molar-refractivity contribution in [3.8, 4) is 0 Å². The van der Waals surface area contributed by atoms with Gasteiger partial charge >= 0.3 is 12.0 Å².